The second-order valence-electron chi connectivity index (χ2n) is 4.51. The molecule has 1 amide bonds. The van der Waals surface area contributed by atoms with E-state index in [4.69, 9.17) is 0 Å². The molecule has 0 saturated heterocycles. The number of hydrogen-bond acceptors (Lipinski definition) is 2. The first-order valence-electron chi connectivity index (χ1n) is 6.27. The minimum absolute atomic E-state index is 0.00197. The summed E-state index contributed by atoms with van der Waals surface area (Å²) < 4.78 is 0. The van der Waals surface area contributed by atoms with Gasteiger partial charge < -0.3 is 5.32 Å². The summed E-state index contributed by atoms with van der Waals surface area (Å²) in [4.78, 5) is 11.9. The van der Waals surface area contributed by atoms with Crippen LogP contribution < -0.4 is 5.32 Å². The summed E-state index contributed by atoms with van der Waals surface area (Å²) in [6, 6.07) is 17.5. The first kappa shape index (κ1) is 13.7. The monoisotopic (exact) mass is 271 g/mol. The predicted octanol–water partition coefficient (Wildman–Crippen LogP) is 3.86. The Kier molecular flexibility index (Phi) is 4.63. The molecule has 0 spiro atoms. The van der Waals surface area contributed by atoms with Crippen molar-refractivity contribution in [2.45, 2.75) is 18.6 Å². The number of carbonyl (C=O) groups excluding carboxylic acids is 1. The fourth-order valence-corrected chi connectivity index (χ4v) is 2.00. The third-order valence-electron chi connectivity index (χ3n) is 2.88. The third kappa shape index (κ3) is 4.14. The summed E-state index contributed by atoms with van der Waals surface area (Å²) in [5.74, 6) is -0.00197. The van der Waals surface area contributed by atoms with E-state index in [1.807, 2.05) is 61.5 Å². The molecule has 2 rings (SSSR count). The van der Waals surface area contributed by atoms with Crippen molar-refractivity contribution in [3.63, 3.8) is 0 Å². The van der Waals surface area contributed by atoms with Gasteiger partial charge in [0.05, 0.1) is 6.42 Å². The quantitative estimate of drug-likeness (QED) is 0.812. The number of amides is 1. The van der Waals surface area contributed by atoms with Gasteiger partial charge in [0.15, 0.2) is 0 Å². The molecule has 1 atom stereocenters. The van der Waals surface area contributed by atoms with Crippen molar-refractivity contribution in [2.24, 2.45) is 0 Å². The molecule has 0 aliphatic carbocycles. The molecule has 2 aromatic carbocycles. The standard InChI is InChI=1S/C16H17NOS/c1-12(19)14-7-9-15(10-8-14)17-16(18)11-13-5-3-2-4-6-13/h2-10,12,19H,11H2,1H3,(H,17,18). The van der Waals surface area contributed by atoms with Crippen LogP contribution in [0.5, 0.6) is 0 Å². The van der Waals surface area contributed by atoms with Crippen LogP contribution in [0.3, 0.4) is 0 Å². The molecule has 2 aromatic rings. The normalized spacial score (nSPS) is 11.9. The summed E-state index contributed by atoms with van der Waals surface area (Å²) in [6.07, 6.45) is 0.394. The molecule has 2 nitrogen and oxygen atoms in total. The number of carbonyl (C=O) groups is 1. The van der Waals surface area contributed by atoms with Gasteiger partial charge in [-0.2, -0.15) is 12.6 Å². The maximum absolute atomic E-state index is 11.9. The Morgan fingerprint density at radius 3 is 2.32 bits per heavy atom. The number of anilines is 1. The van der Waals surface area contributed by atoms with E-state index >= 15 is 0 Å². The van der Waals surface area contributed by atoms with Crippen LogP contribution in [-0.2, 0) is 11.2 Å². The number of rotatable bonds is 4. The van der Waals surface area contributed by atoms with E-state index in [2.05, 4.69) is 17.9 Å². The highest BCUT2D eigenvalue weighted by atomic mass is 32.1. The average Bonchev–Trinajstić information content (AvgIpc) is 2.40. The molecule has 1 unspecified atom stereocenters. The van der Waals surface area contributed by atoms with E-state index in [0.29, 0.717) is 6.42 Å². The van der Waals surface area contributed by atoms with Gasteiger partial charge in [0.1, 0.15) is 0 Å². The molecule has 1 N–H and O–H groups in total. The molecular weight excluding hydrogens is 254 g/mol. The van der Waals surface area contributed by atoms with E-state index in [-0.39, 0.29) is 11.2 Å². The molecule has 0 fully saturated rings. The first-order valence-corrected chi connectivity index (χ1v) is 6.78. The molecule has 0 heterocycles. The van der Waals surface area contributed by atoms with Crippen LogP contribution in [0, 0.1) is 0 Å². The minimum Gasteiger partial charge on any atom is -0.326 e. The van der Waals surface area contributed by atoms with Gasteiger partial charge in [-0.3, -0.25) is 4.79 Å². The van der Waals surface area contributed by atoms with Crippen molar-refractivity contribution in [1.82, 2.24) is 0 Å². The van der Waals surface area contributed by atoms with Crippen LogP contribution in [-0.4, -0.2) is 5.91 Å². The maximum Gasteiger partial charge on any atom is 0.228 e. The Morgan fingerprint density at radius 1 is 1.11 bits per heavy atom. The molecular formula is C16H17NOS. The first-order chi connectivity index (χ1) is 9.15. The van der Waals surface area contributed by atoms with Gasteiger partial charge in [-0.1, -0.05) is 42.5 Å². The van der Waals surface area contributed by atoms with Crippen LogP contribution in [0.25, 0.3) is 0 Å². The van der Waals surface area contributed by atoms with E-state index in [9.17, 15) is 4.79 Å². The molecule has 0 aliphatic heterocycles. The zero-order valence-corrected chi connectivity index (χ0v) is 11.7. The number of thiol groups is 1. The molecule has 0 aliphatic rings. The Balaban J connectivity index is 1.95. The highest BCUT2D eigenvalue weighted by molar-refractivity contribution is 7.80. The van der Waals surface area contributed by atoms with E-state index in [0.717, 1.165) is 16.8 Å². The SMILES string of the molecule is CC(S)c1ccc(NC(=O)Cc2ccccc2)cc1. The molecule has 19 heavy (non-hydrogen) atoms. The zero-order valence-electron chi connectivity index (χ0n) is 10.8. The van der Waals surface area contributed by atoms with Gasteiger partial charge in [0, 0.05) is 10.9 Å². The molecule has 0 bridgehead atoms. The van der Waals surface area contributed by atoms with Crippen LogP contribution >= 0.6 is 12.6 Å². The lowest BCUT2D eigenvalue weighted by molar-refractivity contribution is -0.115. The Bertz CT molecular complexity index is 534. The Labute approximate surface area is 119 Å². The second-order valence-corrected chi connectivity index (χ2v) is 5.28. The molecule has 0 saturated carbocycles. The van der Waals surface area contributed by atoms with Gasteiger partial charge in [0.2, 0.25) is 5.91 Å². The van der Waals surface area contributed by atoms with Crippen molar-refractivity contribution in [1.29, 1.82) is 0 Å². The van der Waals surface area contributed by atoms with Crippen LogP contribution in [0.4, 0.5) is 5.69 Å². The number of hydrogen-bond donors (Lipinski definition) is 2. The van der Waals surface area contributed by atoms with Crippen molar-refractivity contribution < 1.29 is 4.79 Å². The molecule has 0 radical (unpaired) electrons. The van der Waals surface area contributed by atoms with Gasteiger partial charge in [-0.25, -0.2) is 0 Å². The molecule has 98 valence electrons. The van der Waals surface area contributed by atoms with Crippen LogP contribution in [0.1, 0.15) is 23.3 Å². The van der Waals surface area contributed by atoms with Crippen LogP contribution in [0.2, 0.25) is 0 Å². The minimum atomic E-state index is -0.00197. The van der Waals surface area contributed by atoms with Gasteiger partial charge in [-0.15, -0.1) is 0 Å². The summed E-state index contributed by atoms with van der Waals surface area (Å²) >= 11 is 4.37. The largest absolute Gasteiger partial charge is 0.326 e. The smallest absolute Gasteiger partial charge is 0.228 e. The topological polar surface area (TPSA) is 29.1 Å². The maximum atomic E-state index is 11.9. The lowest BCUT2D eigenvalue weighted by atomic mass is 10.1. The Morgan fingerprint density at radius 2 is 1.74 bits per heavy atom. The number of benzene rings is 2. The lowest BCUT2D eigenvalue weighted by Crippen LogP contribution is -2.14. The summed E-state index contributed by atoms with van der Waals surface area (Å²) in [7, 11) is 0. The predicted molar refractivity (Wildman–Crippen MR) is 82.6 cm³/mol. The number of nitrogens with one attached hydrogen (secondary N) is 1. The van der Waals surface area contributed by atoms with Gasteiger partial charge >= 0.3 is 0 Å². The van der Waals surface area contributed by atoms with Crippen molar-refractivity contribution in [3.8, 4) is 0 Å². The zero-order chi connectivity index (χ0) is 13.7. The highest BCUT2D eigenvalue weighted by Crippen LogP contribution is 2.20. The van der Waals surface area contributed by atoms with Crippen molar-refractivity contribution in [3.05, 3.63) is 65.7 Å². The van der Waals surface area contributed by atoms with E-state index < -0.39 is 0 Å². The van der Waals surface area contributed by atoms with Crippen LogP contribution in [0.15, 0.2) is 54.6 Å². The molecule has 3 heteroatoms. The van der Waals surface area contributed by atoms with E-state index in [1.54, 1.807) is 0 Å². The summed E-state index contributed by atoms with van der Waals surface area (Å²) in [5, 5.41) is 3.10. The highest BCUT2D eigenvalue weighted by Gasteiger charge is 2.04. The van der Waals surface area contributed by atoms with Crippen molar-refractivity contribution >= 4 is 24.2 Å². The second kappa shape index (κ2) is 6.43. The fourth-order valence-electron chi connectivity index (χ4n) is 1.83. The van der Waals surface area contributed by atoms with Gasteiger partial charge in [-0.05, 0) is 30.2 Å². The van der Waals surface area contributed by atoms with Crippen molar-refractivity contribution in [2.75, 3.05) is 5.32 Å². The summed E-state index contributed by atoms with van der Waals surface area (Å²) in [5.41, 5.74) is 2.98. The molecule has 0 aromatic heterocycles. The lowest BCUT2D eigenvalue weighted by Gasteiger charge is -2.08. The fraction of sp³-hybridized carbons (Fsp3) is 0.188. The van der Waals surface area contributed by atoms with Gasteiger partial charge in [0.25, 0.3) is 0 Å². The summed E-state index contributed by atoms with van der Waals surface area (Å²) in [6.45, 7) is 2.02. The third-order valence-corrected chi connectivity index (χ3v) is 3.18. The average molecular weight is 271 g/mol. The van der Waals surface area contributed by atoms with E-state index in [1.165, 1.54) is 0 Å². The Hall–Kier alpha value is -1.74.